The second-order valence-corrected chi connectivity index (χ2v) is 7.99. The Morgan fingerprint density at radius 3 is 2.76 bits per heavy atom. The lowest BCUT2D eigenvalue weighted by Gasteiger charge is -2.18. The zero-order valence-corrected chi connectivity index (χ0v) is 18.0. The van der Waals surface area contributed by atoms with Gasteiger partial charge in [0.1, 0.15) is 0 Å². The van der Waals surface area contributed by atoms with Gasteiger partial charge in [0.25, 0.3) is 0 Å². The van der Waals surface area contributed by atoms with Gasteiger partial charge in [0, 0.05) is 28.6 Å². The predicted molar refractivity (Wildman–Crippen MR) is 118 cm³/mol. The zero-order chi connectivity index (χ0) is 20.4. The number of hydrogen-bond donors (Lipinski definition) is 1. The van der Waals surface area contributed by atoms with Gasteiger partial charge in [-0.2, -0.15) is 5.10 Å². The minimum atomic E-state index is -0.415. The van der Waals surface area contributed by atoms with E-state index in [2.05, 4.69) is 43.5 Å². The van der Waals surface area contributed by atoms with Gasteiger partial charge in [-0.3, -0.25) is 4.79 Å². The third-order valence-corrected chi connectivity index (χ3v) is 5.54. The van der Waals surface area contributed by atoms with Crippen molar-refractivity contribution >= 4 is 44.7 Å². The van der Waals surface area contributed by atoms with E-state index in [9.17, 15) is 4.79 Å². The Kier molecular flexibility index (Phi) is 5.58. The molecule has 1 saturated heterocycles. The first-order valence-corrected chi connectivity index (χ1v) is 10.3. The first-order valence-electron chi connectivity index (χ1n) is 9.51. The number of carbonyl (C=O) groups is 1. The lowest BCUT2D eigenvalue weighted by Crippen LogP contribution is -2.18. The minimum absolute atomic E-state index is 0.176. The van der Waals surface area contributed by atoms with E-state index in [0.29, 0.717) is 11.3 Å². The molecule has 1 N–H and O–H groups in total. The largest absolute Gasteiger partial charge is 0.493 e. The van der Waals surface area contributed by atoms with Crippen LogP contribution in [0.15, 0.2) is 50.4 Å². The molecule has 2 heterocycles. The molecule has 29 heavy (non-hydrogen) atoms. The number of rotatable bonds is 5. The highest BCUT2D eigenvalue weighted by Gasteiger charge is 2.16. The molecule has 1 aliphatic rings. The fraction of sp³-hybridized carbons (Fsp3) is 0.273. The molecule has 3 aromatic rings. The Balaban J connectivity index is 1.46. The normalized spacial score (nSPS) is 14.1. The number of amides is 1. The highest BCUT2D eigenvalue weighted by Crippen LogP contribution is 2.32. The monoisotopic (exact) mass is 455 g/mol. The number of fused-ring (bicyclic) bond motifs is 1. The molecule has 0 spiro atoms. The maximum Gasteiger partial charge on any atom is 0.307 e. The molecule has 4 rings (SSSR count). The van der Waals surface area contributed by atoms with Gasteiger partial charge in [-0.15, -0.1) is 0 Å². The molecule has 0 radical (unpaired) electrons. The summed E-state index contributed by atoms with van der Waals surface area (Å²) in [5, 5.41) is 4.87. The number of halogens is 1. The van der Waals surface area contributed by atoms with Crippen LogP contribution in [0.3, 0.4) is 0 Å². The summed E-state index contributed by atoms with van der Waals surface area (Å²) in [5.74, 6) is 0.322. The molecule has 1 aromatic heterocycles. The third kappa shape index (κ3) is 4.15. The van der Waals surface area contributed by atoms with Gasteiger partial charge < -0.3 is 14.1 Å². The van der Waals surface area contributed by atoms with E-state index >= 15 is 0 Å². The second kappa shape index (κ2) is 8.29. The van der Waals surface area contributed by atoms with Crippen molar-refractivity contribution in [1.29, 1.82) is 0 Å². The molecule has 0 atom stereocenters. The maximum absolute atomic E-state index is 12.4. The number of hydrogen-bond acceptors (Lipinski definition) is 5. The Morgan fingerprint density at radius 2 is 2.03 bits per heavy atom. The van der Waals surface area contributed by atoms with Gasteiger partial charge in [-0.25, -0.2) is 5.43 Å². The Morgan fingerprint density at radius 1 is 1.24 bits per heavy atom. The molecule has 150 valence electrons. The topological polar surface area (TPSA) is 67.1 Å². The first kappa shape index (κ1) is 19.5. The Labute approximate surface area is 177 Å². The number of carbonyl (C=O) groups excluding carboxylic acids is 1. The van der Waals surface area contributed by atoms with E-state index in [4.69, 9.17) is 9.15 Å². The number of anilines is 1. The van der Waals surface area contributed by atoms with E-state index in [1.54, 1.807) is 25.5 Å². The fourth-order valence-electron chi connectivity index (χ4n) is 3.54. The van der Waals surface area contributed by atoms with Gasteiger partial charge in [0.05, 0.1) is 13.3 Å². The number of benzene rings is 2. The molecule has 1 amide bonds. The van der Waals surface area contributed by atoms with Gasteiger partial charge >= 0.3 is 5.91 Å². The number of nitrogens with one attached hydrogen (secondary N) is 1. The van der Waals surface area contributed by atoms with E-state index in [0.717, 1.165) is 34.1 Å². The molecule has 0 saturated carbocycles. The van der Waals surface area contributed by atoms with Gasteiger partial charge in [-0.1, -0.05) is 22.0 Å². The number of ether oxygens (including phenoxy) is 1. The van der Waals surface area contributed by atoms with Crippen molar-refractivity contribution in [3.05, 3.63) is 57.8 Å². The minimum Gasteiger partial charge on any atom is -0.493 e. The summed E-state index contributed by atoms with van der Waals surface area (Å²) < 4.78 is 11.8. The third-order valence-electron chi connectivity index (χ3n) is 5.08. The highest BCUT2D eigenvalue weighted by atomic mass is 79.9. The van der Waals surface area contributed by atoms with Crippen LogP contribution in [0.4, 0.5) is 5.69 Å². The molecule has 1 aliphatic heterocycles. The van der Waals surface area contributed by atoms with Crippen molar-refractivity contribution in [1.82, 2.24) is 5.43 Å². The zero-order valence-electron chi connectivity index (χ0n) is 16.4. The molecule has 0 unspecified atom stereocenters. The standard InChI is InChI=1S/C22H22BrN3O3/c1-14-9-18(26-7-3-4-8-26)6-5-15(14)13-24-25-22(27)20-11-16-10-17(23)12-19(28-2)21(16)29-20/h5-6,9-13H,3-4,7-8H2,1-2H3,(H,25,27). The first-order chi connectivity index (χ1) is 14.0. The lowest BCUT2D eigenvalue weighted by atomic mass is 10.1. The summed E-state index contributed by atoms with van der Waals surface area (Å²) in [7, 11) is 1.56. The average molecular weight is 456 g/mol. The van der Waals surface area contributed by atoms with Crippen LogP contribution in [0, 0.1) is 6.92 Å². The van der Waals surface area contributed by atoms with Crippen LogP contribution >= 0.6 is 15.9 Å². The Bertz CT molecular complexity index is 1080. The van der Waals surface area contributed by atoms with Crippen molar-refractivity contribution in [2.45, 2.75) is 19.8 Å². The molecule has 7 heteroatoms. The number of furan rings is 1. The summed E-state index contributed by atoms with van der Waals surface area (Å²) in [5.41, 5.74) is 6.37. The molecular formula is C22H22BrN3O3. The van der Waals surface area contributed by atoms with Crippen molar-refractivity contribution in [3.63, 3.8) is 0 Å². The molecule has 0 aliphatic carbocycles. The summed E-state index contributed by atoms with van der Waals surface area (Å²) in [4.78, 5) is 14.8. The summed E-state index contributed by atoms with van der Waals surface area (Å²) in [6.45, 7) is 4.27. The van der Waals surface area contributed by atoms with Crippen LogP contribution in [0.25, 0.3) is 11.0 Å². The Hall–Kier alpha value is -2.80. The second-order valence-electron chi connectivity index (χ2n) is 7.07. The van der Waals surface area contributed by atoms with Crippen LogP contribution in [-0.2, 0) is 0 Å². The lowest BCUT2D eigenvalue weighted by molar-refractivity contribution is 0.0929. The molecular weight excluding hydrogens is 434 g/mol. The molecule has 0 bridgehead atoms. The van der Waals surface area contributed by atoms with E-state index < -0.39 is 5.91 Å². The SMILES string of the molecule is COc1cc(Br)cc2cc(C(=O)NN=Cc3ccc(N4CCCC4)cc3C)oc12. The molecule has 1 fully saturated rings. The van der Waals surface area contributed by atoms with Gasteiger partial charge in [0.15, 0.2) is 17.1 Å². The maximum atomic E-state index is 12.4. The van der Waals surface area contributed by atoms with Crippen LogP contribution in [0.2, 0.25) is 0 Å². The summed E-state index contributed by atoms with van der Waals surface area (Å²) in [6, 6.07) is 11.6. The van der Waals surface area contributed by atoms with Crippen molar-refractivity contribution < 1.29 is 13.9 Å². The number of aryl methyl sites for hydroxylation is 1. The number of nitrogens with zero attached hydrogens (tertiary/aromatic N) is 2. The van der Waals surface area contributed by atoms with E-state index in [1.807, 2.05) is 19.1 Å². The molecule has 2 aromatic carbocycles. The fourth-order valence-corrected chi connectivity index (χ4v) is 4.00. The van der Waals surface area contributed by atoms with Crippen LogP contribution in [0.1, 0.15) is 34.5 Å². The summed E-state index contributed by atoms with van der Waals surface area (Å²) >= 11 is 3.42. The summed E-state index contributed by atoms with van der Waals surface area (Å²) in [6.07, 6.45) is 4.15. The number of methoxy groups -OCH3 is 1. The van der Waals surface area contributed by atoms with E-state index in [-0.39, 0.29) is 5.76 Å². The van der Waals surface area contributed by atoms with Gasteiger partial charge in [-0.05, 0) is 61.2 Å². The van der Waals surface area contributed by atoms with Crippen LogP contribution < -0.4 is 15.1 Å². The smallest absolute Gasteiger partial charge is 0.307 e. The van der Waals surface area contributed by atoms with Crippen molar-refractivity contribution in [3.8, 4) is 5.75 Å². The predicted octanol–water partition coefficient (Wildman–Crippen LogP) is 4.88. The van der Waals surface area contributed by atoms with E-state index in [1.165, 1.54) is 18.5 Å². The number of hydrazone groups is 1. The highest BCUT2D eigenvalue weighted by molar-refractivity contribution is 9.10. The van der Waals surface area contributed by atoms with Crippen molar-refractivity contribution in [2.75, 3.05) is 25.1 Å². The molecule has 6 nitrogen and oxygen atoms in total. The van der Waals surface area contributed by atoms with Crippen LogP contribution in [0.5, 0.6) is 5.75 Å². The van der Waals surface area contributed by atoms with Gasteiger partial charge in [0.2, 0.25) is 0 Å². The van der Waals surface area contributed by atoms with Crippen LogP contribution in [-0.4, -0.2) is 32.3 Å². The average Bonchev–Trinajstić information content (AvgIpc) is 3.38. The quantitative estimate of drug-likeness (QED) is 0.439. The van der Waals surface area contributed by atoms with Crippen molar-refractivity contribution in [2.24, 2.45) is 5.10 Å².